The van der Waals surface area contributed by atoms with E-state index in [0.29, 0.717) is 18.9 Å². The summed E-state index contributed by atoms with van der Waals surface area (Å²) in [6, 6.07) is 8.00. The number of rotatable bonds is 8. The summed E-state index contributed by atoms with van der Waals surface area (Å²) < 4.78 is 1.03. The minimum Gasteiger partial charge on any atom is -0.350 e. The van der Waals surface area contributed by atoms with Crippen LogP contribution < -0.4 is 11.1 Å². The van der Waals surface area contributed by atoms with Crippen LogP contribution in [-0.2, 0) is 4.79 Å². The van der Waals surface area contributed by atoms with Gasteiger partial charge in [0.15, 0.2) is 0 Å². The Bertz CT molecular complexity index is 423. The molecule has 1 aromatic rings. The molecule has 0 fully saturated rings. The Kier molecular flexibility index (Phi) is 7.85. The molecule has 1 rings (SSSR count). The van der Waals surface area contributed by atoms with Gasteiger partial charge in [0.05, 0.1) is 6.04 Å². The van der Waals surface area contributed by atoms with Gasteiger partial charge in [-0.25, -0.2) is 0 Å². The molecule has 0 saturated carbocycles. The fourth-order valence-corrected chi connectivity index (χ4v) is 2.97. The van der Waals surface area contributed by atoms with Crippen molar-refractivity contribution >= 4 is 21.8 Å². The van der Waals surface area contributed by atoms with E-state index in [1.54, 1.807) is 0 Å². The van der Waals surface area contributed by atoms with Crippen molar-refractivity contribution in [1.29, 1.82) is 0 Å². The number of nitrogens with two attached hydrogens (primary N) is 1. The van der Waals surface area contributed by atoms with E-state index in [0.717, 1.165) is 29.3 Å². The van der Waals surface area contributed by atoms with Crippen LogP contribution in [0, 0.1) is 5.92 Å². The Balaban J connectivity index is 2.44. The molecule has 0 aliphatic heterocycles. The van der Waals surface area contributed by atoms with Gasteiger partial charge in [-0.3, -0.25) is 4.79 Å². The van der Waals surface area contributed by atoms with Crippen molar-refractivity contribution < 1.29 is 4.79 Å². The first-order valence-corrected chi connectivity index (χ1v) is 8.11. The standard InChI is InChI=1S/C16H25BrN2O/c1-3-13(10-11-18)8-9-16(20)19-12(2)14-6-4-5-7-15(14)17/h4-7,12-13H,3,8-11,18H2,1-2H3,(H,19,20)/t12-,13?/m0/s1. The van der Waals surface area contributed by atoms with Crippen molar-refractivity contribution in [3.8, 4) is 0 Å². The van der Waals surface area contributed by atoms with Gasteiger partial charge in [-0.05, 0) is 43.9 Å². The molecule has 0 aliphatic rings. The molecule has 0 saturated heterocycles. The maximum atomic E-state index is 12.0. The molecule has 1 amide bonds. The van der Waals surface area contributed by atoms with Crippen LogP contribution in [0.2, 0.25) is 0 Å². The highest BCUT2D eigenvalue weighted by Gasteiger charge is 2.13. The second kappa shape index (κ2) is 9.14. The quantitative estimate of drug-likeness (QED) is 0.756. The van der Waals surface area contributed by atoms with Crippen LogP contribution in [0.15, 0.2) is 28.7 Å². The molecule has 0 aromatic heterocycles. The van der Waals surface area contributed by atoms with Gasteiger partial charge in [-0.1, -0.05) is 47.5 Å². The molecule has 4 heteroatoms. The summed E-state index contributed by atoms with van der Waals surface area (Å²) in [5.74, 6) is 0.674. The average molecular weight is 341 g/mol. The first kappa shape index (κ1) is 17.2. The summed E-state index contributed by atoms with van der Waals surface area (Å²) in [5.41, 5.74) is 6.69. The Morgan fingerprint density at radius 2 is 2.05 bits per heavy atom. The van der Waals surface area contributed by atoms with E-state index in [2.05, 4.69) is 28.2 Å². The largest absolute Gasteiger partial charge is 0.350 e. The molecule has 1 aromatic carbocycles. The highest BCUT2D eigenvalue weighted by Crippen LogP contribution is 2.23. The zero-order valence-corrected chi connectivity index (χ0v) is 13.9. The maximum absolute atomic E-state index is 12.0. The SMILES string of the molecule is CCC(CCN)CCC(=O)N[C@@H](C)c1ccccc1Br. The Hall–Kier alpha value is -0.870. The lowest BCUT2D eigenvalue weighted by Gasteiger charge is -2.17. The van der Waals surface area contributed by atoms with Crippen LogP contribution in [0.4, 0.5) is 0 Å². The molecular formula is C16H25BrN2O. The summed E-state index contributed by atoms with van der Waals surface area (Å²) in [4.78, 5) is 12.0. The van der Waals surface area contributed by atoms with Gasteiger partial charge in [0, 0.05) is 10.9 Å². The third kappa shape index (κ3) is 5.63. The van der Waals surface area contributed by atoms with Crippen molar-refractivity contribution in [2.75, 3.05) is 6.54 Å². The highest BCUT2D eigenvalue weighted by molar-refractivity contribution is 9.10. The molecule has 3 nitrogen and oxygen atoms in total. The van der Waals surface area contributed by atoms with E-state index in [1.807, 2.05) is 31.2 Å². The first-order chi connectivity index (χ1) is 9.58. The number of amides is 1. The van der Waals surface area contributed by atoms with Gasteiger partial charge < -0.3 is 11.1 Å². The molecule has 3 N–H and O–H groups in total. The second-order valence-electron chi connectivity index (χ2n) is 5.20. The van der Waals surface area contributed by atoms with Crippen molar-refractivity contribution in [1.82, 2.24) is 5.32 Å². The molecule has 0 aliphatic carbocycles. The van der Waals surface area contributed by atoms with Gasteiger partial charge in [-0.2, -0.15) is 0 Å². The van der Waals surface area contributed by atoms with Gasteiger partial charge in [-0.15, -0.1) is 0 Å². The van der Waals surface area contributed by atoms with Crippen molar-refractivity contribution in [2.45, 2.75) is 45.6 Å². The van der Waals surface area contributed by atoms with E-state index < -0.39 is 0 Å². The summed E-state index contributed by atoms with van der Waals surface area (Å²) in [6.45, 7) is 4.87. The predicted octanol–water partition coefficient (Wildman–Crippen LogP) is 3.78. The zero-order valence-electron chi connectivity index (χ0n) is 12.4. The summed E-state index contributed by atoms with van der Waals surface area (Å²) in [5, 5.41) is 3.06. The molecule has 0 heterocycles. The van der Waals surface area contributed by atoms with Crippen LogP contribution in [0.1, 0.15) is 51.1 Å². The van der Waals surface area contributed by atoms with Gasteiger partial charge in [0.25, 0.3) is 0 Å². The molecule has 0 bridgehead atoms. The number of hydrogen-bond acceptors (Lipinski definition) is 2. The Morgan fingerprint density at radius 1 is 1.35 bits per heavy atom. The number of nitrogens with one attached hydrogen (secondary N) is 1. The zero-order chi connectivity index (χ0) is 15.0. The molecule has 0 spiro atoms. The van der Waals surface area contributed by atoms with Crippen molar-refractivity contribution in [3.05, 3.63) is 34.3 Å². The number of hydrogen-bond donors (Lipinski definition) is 2. The number of carbonyl (C=O) groups is 1. The number of carbonyl (C=O) groups excluding carboxylic acids is 1. The lowest BCUT2D eigenvalue weighted by atomic mass is 9.96. The molecule has 20 heavy (non-hydrogen) atoms. The van der Waals surface area contributed by atoms with E-state index in [4.69, 9.17) is 5.73 Å². The smallest absolute Gasteiger partial charge is 0.220 e. The Labute approximate surface area is 130 Å². The average Bonchev–Trinajstić information content (AvgIpc) is 2.43. The highest BCUT2D eigenvalue weighted by atomic mass is 79.9. The summed E-state index contributed by atoms with van der Waals surface area (Å²) >= 11 is 3.52. The maximum Gasteiger partial charge on any atom is 0.220 e. The number of benzene rings is 1. The third-order valence-electron chi connectivity index (χ3n) is 3.68. The van der Waals surface area contributed by atoms with Gasteiger partial charge in [0.1, 0.15) is 0 Å². The van der Waals surface area contributed by atoms with Crippen LogP contribution in [0.5, 0.6) is 0 Å². The molecule has 2 atom stereocenters. The molecule has 1 unspecified atom stereocenters. The predicted molar refractivity (Wildman–Crippen MR) is 87.4 cm³/mol. The molecule has 0 radical (unpaired) electrons. The minimum atomic E-state index is 0.0210. The fraction of sp³-hybridized carbons (Fsp3) is 0.562. The van der Waals surface area contributed by atoms with E-state index in [-0.39, 0.29) is 11.9 Å². The monoisotopic (exact) mass is 340 g/mol. The second-order valence-corrected chi connectivity index (χ2v) is 6.06. The lowest BCUT2D eigenvalue weighted by molar-refractivity contribution is -0.122. The van der Waals surface area contributed by atoms with E-state index in [1.165, 1.54) is 0 Å². The summed E-state index contributed by atoms with van der Waals surface area (Å²) in [6.07, 6.45) is 3.59. The number of halogens is 1. The Morgan fingerprint density at radius 3 is 2.65 bits per heavy atom. The van der Waals surface area contributed by atoms with Crippen LogP contribution in [-0.4, -0.2) is 12.5 Å². The van der Waals surface area contributed by atoms with Crippen LogP contribution >= 0.6 is 15.9 Å². The minimum absolute atomic E-state index is 0.0210. The third-order valence-corrected chi connectivity index (χ3v) is 4.40. The van der Waals surface area contributed by atoms with Crippen molar-refractivity contribution in [3.63, 3.8) is 0 Å². The summed E-state index contributed by atoms with van der Waals surface area (Å²) in [7, 11) is 0. The van der Waals surface area contributed by atoms with Gasteiger partial charge in [0.2, 0.25) is 5.91 Å². The van der Waals surface area contributed by atoms with Gasteiger partial charge >= 0.3 is 0 Å². The fourth-order valence-electron chi connectivity index (χ4n) is 2.34. The lowest BCUT2D eigenvalue weighted by Crippen LogP contribution is -2.27. The van der Waals surface area contributed by atoms with Crippen LogP contribution in [0.3, 0.4) is 0 Å². The molecular weight excluding hydrogens is 316 g/mol. The van der Waals surface area contributed by atoms with Crippen molar-refractivity contribution in [2.24, 2.45) is 11.7 Å². The van der Waals surface area contributed by atoms with E-state index >= 15 is 0 Å². The molecule has 112 valence electrons. The normalized spacial score (nSPS) is 13.8. The topological polar surface area (TPSA) is 55.1 Å². The van der Waals surface area contributed by atoms with Crippen LogP contribution in [0.25, 0.3) is 0 Å². The van der Waals surface area contributed by atoms with E-state index in [9.17, 15) is 4.79 Å². The first-order valence-electron chi connectivity index (χ1n) is 7.32.